The first kappa shape index (κ1) is 13.3. The van der Waals surface area contributed by atoms with E-state index in [1.807, 2.05) is 41.8 Å². The summed E-state index contributed by atoms with van der Waals surface area (Å²) in [5, 5.41) is 2.87. The lowest BCUT2D eigenvalue weighted by Gasteiger charge is -2.26. The fourth-order valence-corrected chi connectivity index (χ4v) is 3.14. The van der Waals surface area contributed by atoms with Crippen LogP contribution in [-0.4, -0.2) is 40.5 Å². The van der Waals surface area contributed by atoms with E-state index in [-0.39, 0.29) is 6.03 Å². The molecule has 2 heterocycles. The van der Waals surface area contributed by atoms with Gasteiger partial charge in [0, 0.05) is 24.6 Å². The Morgan fingerprint density at radius 1 is 1.45 bits per heavy atom. The average Bonchev–Trinajstić information content (AvgIpc) is 2.90. The second-order valence-electron chi connectivity index (χ2n) is 4.79. The van der Waals surface area contributed by atoms with Crippen molar-refractivity contribution in [3.63, 3.8) is 0 Å². The molecule has 2 amide bonds. The van der Waals surface area contributed by atoms with Gasteiger partial charge in [0.2, 0.25) is 5.89 Å². The number of fused-ring (bicyclic) bond motifs is 1. The van der Waals surface area contributed by atoms with E-state index in [4.69, 9.17) is 4.42 Å². The summed E-state index contributed by atoms with van der Waals surface area (Å²) in [6.45, 7) is 3.95. The first-order valence-corrected chi connectivity index (χ1v) is 7.85. The molecule has 1 N–H and O–H groups in total. The van der Waals surface area contributed by atoms with E-state index in [0.29, 0.717) is 12.4 Å². The van der Waals surface area contributed by atoms with Crippen molar-refractivity contribution >= 4 is 28.9 Å². The summed E-state index contributed by atoms with van der Waals surface area (Å²) in [7, 11) is 0. The minimum absolute atomic E-state index is 0.0377. The smallest absolute Gasteiger partial charge is 0.317 e. The zero-order valence-electron chi connectivity index (χ0n) is 11.4. The minimum Gasteiger partial charge on any atom is -0.439 e. The number of aryl methyl sites for hydroxylation is 1. The molecule has 0 radical (unpaired) electrons. The van der Waals surface area contributed by atoms with Gasteiger partial charge in [0.05, 0.1) is 6.54 Å². The Kier molecular flexibility index (Phi) is 3.82. The molecule has 1 aliphatic rings. The molecule has 1 aromatic carbocycles. The van der Waals surface area contributed by atoms with Gasteiger partial charge in [0.1, 0.15) is 5.52 Å². The van der Waals surface area contributed by atoms with Gasteiger partial charge in [0.25, 0.3) is 0 Å². The van der Waals surface area contributed by atoms with Gasteiger partial charge in [-0.2, -0.15) is 11.8 Å². The Morgan fingerprint density at radius 3 is 3.00 bits per heavy atom. The van der Waals surface area contributed by atoms with Crippen molar-refractivity contribution in [1.82, 2.24) is 15.2 Å². The molecule has 0 atom stereocenters. The van der Waals surface area contributed by atoms with Gasteiger partial charge in [0.15, 0.2) is 5.58 Å². The van der Waals surface area contributed by atoms with Crippen LogP contribution in [0.25, 0.3) is 11.1 Å². The third-order valence-corrected chi connectivity index (χ3v) is 4.30. The van der Waals surface area contributed by atoms with E-state index in [0.717, 1.165) is 41.3 Å². The van der Waals surface area contributed by atoms with Crippen LogP contribution < -0.4 is 5.32 Å². The van der Waals surface area contributed by atoms with Crippen molar-refractivity contribution in [2.24, 2.45) is 0 Å². The van der Waals surface area contributed by atoms with Gasteiger partial charge in [-0.25, -0.2) is 9.78 Å². The number of thioether (sulfide) groups is 1. The number of hydrogen-bond acceptors (Lipinski definition) is 4. The number of nitrogens with one attached hydrogen (secondary N) is 1. The zero-order valence-corrected chi connectivity index (χ0v) is 12.2. The molecule has 0 unspecified atom stereocenters. The maximum Gasteiger partial charge on any atom is 0.317 e. The van der Waals surface area contributed by atoms with Crippen LogP contribution in [0.5, 0.6) is 0 Å². The molecule has 1 saturated heterocycles. The number of urea groups is 1. The Labute approximate surface area is 121 Å². The zero-order chi connectivity index (χ0) is 13.9. The van der Waals surface area contributed by atoms with Gasteiger partial charge in [-0.15, -0.1) is 0 Å². The number of amides is 2. The lowest BCUT2D eigenvalue weighted by molar-refractivity contribution is 0.201. The van der Waals surface area contributed by atoms with Gasteiger partial charge in [-0.1, -0.05) is 12.1 Å². The highest BCUT2D eigenvalue weighted by atomic mass is 32.2. The van der Waals surface area contributed by atoms with Gasteiger partial charge >= 0.3 is 6.03 Å². The Morgan fingerprint density at radius 2 is 2.25 bits per heavy atom. The van der Waals surface area contributed by atoms with E-state index in [1.165, 1.54) is 0 Å². The van der Waals surface area contributed by atoms with Gasteiger partial charge < -0.3 is 14.6 Å². The molecular formula is C14H17N3O2S. The molecule has 106 valence electrons. The number of carbonyl (C=O) groups excluding carboxylic acids is 1. The van der Waals surface area contributed by atoms with Crippen molar-refractivity contribution in [2.75, 3.05) is 24.6 Å². The Hall–Kier alpha value is -1.69. The van der Waals surface area contributed by atoms with Crippen LogP contribution in [0.15, 0.2) is 22.6 Å². The Balaban J connectivity index is 1.64. The number of aromatic nitrogens is 1. The molecule has 0 aliphatic carbocycles. The van der Waals surface area contributed by atoms with Gasteiger partial charge in [-0.3, -0.25) is 0 Å². The van der Waals surface area contributed by atoms with Crippen LogP contribution in [-0.2, 0) is 6.54 Å². The molecule has 5 nitrogen and oxygen atoms in total. The third kappa shape index (κ3) is 2.75. The number of para-hydroxylation sites is 1. The van der Waals surface area contributed by atoms with Crippen LogP contribution in [0.2, 0.25) is 0 Å². The number of oxazole rings is 1. The molecule has 1 fully saturated rings. The standard InChI is InChI=1S/C14H17N3O2S/c1-10-3-2-4-11-13(10)16-12(19-11)9-15-14(18)17-5-7-20-8-6-17/h2-4H,5-9H2,1H3,(H,15,18). The number of rotatable bonds is 2. The molecule has 0 bridgehead atoms. The molecule has 0 spiro atoms. The summed E-state index contributed by atoms with van der Waals surface area (Å²) >= 11 is 1.88. The fourth-order valence-electron chi connectivity index (χ4n) is 2.24. The monoisotopic (exact) mass is 291 g/mol. The maximum atomic E-state index is 12.0. The van der Waals surface area contributed by atoms with Gasteiger partial charge in [-0.05, 0) is 18.6 Å². The van der Waals surface area contributed by atoms with E-state index < -0.39 is 0 Å². The van der Waals surface area contributed by atoms with Crippen molar-refractivity contribution in [1.29, 1.82) is 0 Å². The number of carbonyl (C=O) groups is 1. The summed E-state index contributed by atoms with van der Waals surface area (Å²) in [4.78, 5) is 18.3. The van der Waals surface area contributed by atoms with Crippen LogP contribution in [0.1, 0.15) is 11.5 Å². The lowest BCUT2D eigenvalue weighted by atomic mass is 10.2. The summed E-state index contributed by atoms with van der Waals surface area (Å²) in [6.07, 6.45) is 0. The predicted molar refractivity (Wildman–Crippen MR) is 79.9 cm³/mol. The number of nitrogens with zero attached hydrogens (tertiary/aromatic N) is 2. The molecule has 6 heteroatoms. The van der Waals surface area contributed by atoms with E-state index >= 15 is 0 Å². The highest BCUT2D eigenvalue weighted by molar-refractivity contribution is 7.99. The number of benzene rings is 1. The highest BCUT2D eigenvalue weighted by Crippen LogP contribution is 2.18. The van der Waals surface area contributed by atoms with E-state index in [1.54, 1.807) is 0 Å². The molecular weight excluding hydrogens is 274 g/mol. The van der Waals surface area contributed by atoms with E-state index in [9.17, 15) is 4.79 Å². The third-order valence-electron chi connectivity index (χ3n) is 3.35. The summed E-state index contributed by atoms with van der Waals surface area (Å²) in [6, 6.07) is 5.79. The largest absolute Gasteiger partial charge is 0.439 e. The first-order chi connectivity index (χ1) is 9.74. The average molecular weight is 291 g/mol. The van der Waals surface area contributed by atoms with Crippen molar-refractivity contribution in [2.45, 2.75) is 13.5 Å². The molecule has 20 heavy (non-hydrogen) atoms. The highest BCUT2D eigenvalue weighted by Gasteiger charge is 2.17. The molecule has 1 aliphatic heterocycles. The normalized spacial score (nSPS) is 15.6. The van der Waals surface area contributed by atoms with Crippen LogP contribution in [0.4, 0.5) is 4.79 Å². The SMILES string of the molecule is Cc1cccc2oc(CNC(=O)N3CCSCC3)nc12. The van der Waals surface area contributed by atoms with Crippen molar-refractivity contribution in [3.8, 4) is 0 Å². The Bertz CT molecular complexity index is 620. The molecule has 1 aromatic heterocycles. The molecule has 2 aromatic rings. The maximum absolute atomic E-state index is 12.0. The summed E-state index contributed by atoms with van der Waals surface area (Å²) < 4.78 is 5.64. The lowest BCUT2D eigenvalue weighted by Crippen LogP contribution is -2.44. The van der Waals surface area contributed by atoms with Crippen molar-refractivity contribution < 1.29 is 9.21 Å². The minimum atomic E-state index is -0.0377. The van der Waals surface area contributed by atoms with E-state index in [2.05, 4.69) is 10.3 Å². The second-order valence-corrected chi connectivity index (χ2v) is 6.01. The van der Waals surface area contributed by atoms with Crippen LogP contribution in [0.3, 0.4) is 0 Å². The predicted octanol–water partition coefficient (Wildman–Crippen LogP) is 2.39. The quantitative estimate of drug-likeness (QED) is 0.923. The van der Waals surface area contributed by atoms with Crippen molar-refractivity contribution in [3.05, 3.63) is 29.7 Å². The summed E-state index contributed by atoms with van der Waals surface area (Å²) in [5.41, 5.74) is 2.71. The second kappa shape index (κ2) is 5.75. The number of hydrogen-bond donors (Lipinski definition) is 1. The summed E-state index contributed by atoms with van der Waals surface area (Å²) in [5.74, 6) is 2.57. The molecule has 3 rings (SSSR count). The van der Waals surface area contributed by atoms with Crippen LogP contribution in [0, 0.1) is 6.92 Å². The molecule has 0 saturated carbocycles. The van der Waals surface area contributed by atoms with Crippen LogP contribution >= 0.6 is 11.8 Å². The fraction of sp³-hybridized carbons (Fsp3) is 0.429. The first-order valence-electron chi connectivity index (χ1n) is 6.69. The topological polar surface area (TPSA) is 58.4 Å².